The van der Waals surface area contributed by atoms with Crippen LogP contribution in [0.5, 0.6) is 0 Å². The quantitative estimate of drug-likeness (QED) is 0.868. The van der Waals surface area contributed by atoms with Gasteiger partial charge in [0.2, 0.25) is 0 Å². The molecule has 2 heterocycles. The molecule has 2 nitrogen and oxygen atoms in total. The summed E-state index contributed by atoms with van der Waals surface area (Å²) in [6, 6.07) is 6.57. The van der Waals surface area contributed by atoms with E-state index in [4.69, 9.17) is 10.5 Å². The van der Waals surface area contributed by atoms with Crippen LogP contribution in [0.3, 0.4) is 0 Å². The van der Waals surface area contributed by atoms with Crippen molar-refractivity contribution in [2.24, 2.45) is 11.7 Å². The minimum absolute atomic E-state index is 0.107. The number of nitrogens with two attached hydrogens (primary N) is 1. The third-order valence-corrected chi connectivity index (χ3v) is 6.56. The Bertz CT molecular complexity index is 487. The van der Waals surface area contributed by atoms with E-state index >= 15 is 0 Å². The standard InChI is InChI=1S/C16H22BrNOS/c1-11-2-3-14(17)13(8-11)15(18)12-4-6-19-16(9-12)5-7-20-10-16/h2-3,8,12,15H,4-7,9-10,18H2,1H3. The summed E-state index contributed by atoms with van der Waals surface area (Å²) in [7, 11) is 0. The maximum absolute atomic E-state index is 6.60. The molecule has 2 N–H and O–H groups in total. The summed E-state index contributed by atoms with van der Waals surface area (Å²) in [5.74, 6) is 2.90. The van der Waals surface area contributed by atoms with Gasteiger partial charge in [-0.15, -0.1) is 0 Å². The monoisotopic (exact) mass is 355 g/mol. The molecule has 0 amide bonds. The molecule has 4 heteroatoms. The molecule has 1 aromatic carbocycles. The number of ether oxygens (including phenoxy) is 1. The van der Waals surface area contributed by atoms with Crippen molar-refractivity contribution in [2.45, 2.75) is 37.8 Å². The lowest BCUT2D eigenvalue weighted by Crippen LogP contribution is -2.42. The third-order valence-electron chi connectivity index (χ3n) is 4.62. The summed E-state index contributed by atoms with van der Waals surface area (Å²) in [5, 5.41) is 0. The fourth-order valence-corrected chi connectivity index (χ4v) is 5.30. The summed E-state index contributed by atoms with van der Waals surface area (Å²) in [5.41, 5.74) is 9.23. The van der Waals surface area contributed by atoms with Crippen LogP contribution in [0.1, 0.15) is 36.4 Å². The number of benzene rings is 1. The molecule has 2 aliphatic heterocycles. The molecule has 0 aliphatic carbocycles. The highest BCUT2D eigenvalue weighted by Gasteiger charge is 2.42. The fourth-order valence-electron chi connectivity index (χ4n) is 3.41. The van der Waals surface area contributed by atoms with Crippen LogP contribution >= 0.6 is 27.7 Å². The Labute approximate surface area is 134 Å². The van der Waals surface area contributed by atoms with Gasteiger partial charge in [-0.05, 0) is 49.5 Å². The Morgan fingerprint density at radius 3 is 3.10 bits per heavy atom. The minimum atomic E-state index is 0.107. The molecule has 0 bridgehead atoms. The van der Waals surface area contributed by atoms with Gasteiger partial charge in [0, 0.05) is 22.9 Å². The van der Waals surface area contributed by atoms with Crippen molar-refractivity contribution >= 4 is 27.7 Å². The highest BCUT2D eigenvalue weighted by atomic mass is 79.9. The van der Waals surface area contributed by atoms with Crippen LogP contribution in [0.15, 0.2) is 22.7 Å². The Morgan fingerprint density at radius 1 is 1.50 bits per heavy atom. The normalized spacial score (nSPS) is 31.6. The second kappa shape index (κ2) is 5.99. The Kier molecular flexibility index (Phi) is 4.46. The molecule has 20 heavy (non-hydrogen) atoms. The number of aryl methyl sites for hydroxylation is 1. The predicted molar refractivity (Wildman–Crippen MR) is 89.2 cm³/mol. The lowest BCUT2D eigenvalue weighted by Gasteiger charge is -2.40. The van der Waals surface area contributed by atoms with Crippen molar-refractivity contribution in [1.82, 2.24) is 0 Å². The van der Waals surface area contributed by atoms with Crippen LogP contribution in [-0.4, -0.2) is 23.7 Å². The fraction of sp³-hybridized carbons (Fsp3) is 0.625. The molecule has 2 saturated heterocycles. The lowest BCUT2D eigenvalue weighted by molar-refractivity contribution is -0.0834. The molecule has 3 atom stereocenters. The van der Waals surface area contributed by atoms with Crippen LogP contribution < -0.4 is 5.73 Å². The van der Waals surface area contributed by atoms with Crippen molar-refractivity contribution in [3.05, 3.63) is 33.8 Å². The van der Waals surface area contributed by atoms with Crippen LogP contribution in [0, 0.1) is 12.8 Å². The predicted octanol–water partition coefficient (Wildman–Crippen LogP) is 4.06. The van der Waals surface area contributed by atoms with E-state index in [0.717, 1.165) is 29.7 Å². The molecule has 0 radical (unpaired) electrons. The molecular formula is C16H22BrNOS. The number of hydrogen-bond donors (Lipinski definition) is 1. The van der Waals surface area contributed by atoms with E-state index in [1.165, 1.54) is 23.3 Å². The first-order chi connectivity index (χ1) is 9.60. The molecule has 2 aliphatic rings. The first-order valence-corrected chi connectivity index (χ1v) is 9.28. The summed E-state index contributed by atoms with van der Waals surface area (Å²) in [4.78, 5) is 0. The maximum Gasteiger partial charge on any atom is 0.0783 e. The van der Waals surface area contributed by atoms with Crippen molar-refractivity contribution in [2.75, 3.05) is 18.1 Å². The van der Waals surface area contributed by atoms with Gasteiger partial charge in [-0.25, -0.2) is 0 Å². The molecular weight excluding hydrogens is 334 g/mol. The average molecular weight is 356 g/mol. The Balaban J connectivity index is 1.79. The first kappa shape index (κ1) is 14.9. The van der Waals surface area contributed by atoms with E-state index in [-0.39, 0.29) is 11.6 Å². The zero-order valence-electron chi connectivity index (χ0n) is 11.9. The van der Waals surface area contributed by atoms with Gasteiger partial charge in [-0.1, -0.05) is 33.6 Å². The maximum atomic E-state index is 6.60. The van der Waals surface area contributed by atoms with E-state index in [1.807, 2.05) is 11.8 Å². The number of rotatable bonds is 2. The molecule has 3 unspecified atom stereocenters. The molecule has 0 saturated carbocycles. The summed E-state index contributed by atoms with van der Waals surface area (Å²) in [6.45, 7) is 2.99. The number of halogens is 1. The van der Waals surface area contributed by atoms with Gasteiger partial charge in [0.25, 0.3) is 0 Å². The molecule has 3 rings (SSSR count). The highest BCUT2D eigenvalue weighted by molar-refractivity contribution is 9.10. The average Bonchev–Trinajstić information content (AvgIpc) is 2.88. The zero-order valence-corrected chi connectivity index (χ0v) is 14.3. The van der Waals surface area contributed by atoms with E-state index in [1.54, 1.807) is 0 Å². The van der Waals surface area contributed by atoms with Gasteiger partial charge in [-0.2, -0.15) is 11.8 Å². The Morgan fingerprint density at radius 2 is 2.35 bits per heavy atom. The first-order valence-electron chi connectivity index (χ1n) is 7.33. The van der Waals surface area contributed by atoms with Crippen LogP contribution in [0.25, 0.3) is 0 Å². The van der Waals surface area contributed by atoms with Crippen molar-refractivity contribution in [1.29, 1.82) is 0 Å². The molecule has 1 aromatic rings. The molecule has 110 valence electrons. The van der Waals surface area contributed by atoms with Crippen LogP contribution in [-0.2, 0) is 4.74 Å². The summed E-state index contributed by atoms with van der Waals surface area (Å²) < 4.78 is 7.24. The van der Waals surface area contributed by atoms with Gasteiger partial charge in [-0.3, -0.25) is 0 Å². The van der Waals surface area contributed by atoms with E-state index in [9.17, 15) is 0 Å². The van der Waals surface area contributed by atoms with Crippen LogP contribution in [0.4, 0.5) is 0 Å². The SMILES string of the molecule is Cc1ccc(Br)c(C(N)C2CCOC3(CCSC3)C2)c1. The van der Waals surface area contributed by atoms with Gasteiger partial charge in [0.05, 0.1) is 5.60 Å². The molecule has 2 fully saturated rings. The van der Waals surface area contributed by atoms with E-state index in [2.05, 4.69) is 41.1 Å². The van der Waals surface area contributed by atoms with Crippen molar-refractivity contribution < 1.29 is 4.74 Å². The zero-order chi connectivity index (χ0) is 14.2. The van der Waals surface area contributed by atoms with Crippen LogP contribution in [0.2, 0.25) is 0 Å². The number of thioether (sulfide) groups is 1. The summed E-state index contributed by atoms with van der Waals surface area (Å²) >= 11 is 5.68. The van der Waals surface area contributed by atoms with Crippen molar-refractivity contribution in [3.63, 3.8) is 0 Å². The topological polar surface area (TPSA) is 35.2 Å². The van der Waals surface area contributed by atoms with E-state index in [0.29, 0.717) is 5.92 Å². The molecule has 1 spiro atoms. The highest BCUT2D eigenvalue weighted by Crippen LogP contribution is 2.44. The van der Waals surface area contributed by atoms with Gasteiger partial charge >= 0.3 is 0 Å². The second-order valence-electron chi connectivity index (χ2n) is 6.14. The van der Waals surface area contributed by atoms with Gasteiger partial charge in [0.15, 0.2) is 0 Å². The largest absolute Gasteiger partial charge is 0.374 e. The third kappa shape index (κ3) is 2.94. The smallest absolute Gasteiger partial charge is 0.0783 e. The van der Waals surface area contributed by atoms with E-state index < -0.39 is 0 Å². The van der Waals surface area contributed by atoms with Gasteiger partial charge in [0.1, 0.15) is 0 Å². The lowest BCUT2D eigenvalue weighted by atomic mass is 9.79. The van der Waals surface area contributed by atoms with Crippen molar-refractivity contribution in [3.8, 4) is 0 Å². The Hall–Kier alpha value is -0.0300. The summed E-state index contributed by atoms with van der Waals surface area (Å²) in [6.07, 6.45) is 3.38. The second-order valence-corrected chi connectivity index (χ2v) is 8.10. The minimum Gasteiger partial charge on any atom is -0.374 e. The molecule has 0 aromatic heterocycles. The van der Waals surface area contributed by atoms with Gasteiger partial charge < -0.3 is 10.5 Å². The number of hydrogen-bond acceptors (Lipinski definition) is 3.